The zero-order chi connectivity index (χ0) is 37.5. The lowest BCUT2D eigenvalue weighted by Crippen LogP contribution is -2.46. The number of hydrogen-bond acceptors (Lipinski definition) is 11. The Morgan fingerprint density at radius 1 is 0.962 bits per heavy atom. The summed E-state index contributed by atoms with van der Waals surface area (Å²) in [4.78, 5) is 56.2. The van der Waals surface area contributed by atoms with Gasteiger partial charge in [0.05, 0.1) is 23.8 Å². The van der Waals surface area contributed by atoms with Crippen molar-refractivity contribution in [2.45, 2.75) is 36.0 Å². The second kappa shape index (κ2) is 14.0. The summed E-state index contributed by atoms with van der Waals surface area (Å²) in [6.45, 7) is 1.04. The number of anilines is 1. The van der Waals surface area contributed by atoms with Crippen LogP contribution < -0.4 is 15.6 Å². The highest BCUT2D eigenvalue weighted by molar-refractivity contribution is 7.89. The molecule has 0 radical (unpaired) electrons. The number of aromatic hydroxyl groups is 1. The van der Waals surface area contributed by atoms with Crippen LogP contribution in [-0.2, 0) is 39.7 Å². The van der Waals surface area contributed by atoms with E-state index in [1.54, 1.807) is 55.6 Å². The molecule has 1 spiro atoms. The van der Waals surface area contributed by atoms with Crippen LogP contribution in [0.15, 0.2) is 93.0 Å². The minimum atomic E-state index is -3.99. The van der Waals surface area contributed by atoms with Crippen LogP contribution in [0.2, 0.25) is 0 Å². The molecule has 2 saturated heterocycles. The van der Waals surface area contributed by atoms with Crippen molar-refractivity contribution in [2.75, 3.05) is 38.3 Å². The van der Waals surface area contributed by atoms with Gasteiger partial charge in [-0.3, -0.25) is 14.4 Å². The SMILES string of the molecule is CN1C(=O)C2(OCCCO2)c2cc(S(=O)(=O)N3CCC[C@H]3CNC(=O)c3ccc(-c4c5ccc(=O)cc-5oc5cc(O)ccc45)cc3)ccc21.O=C=O. The number of phenols is 1. The molecule has 0 saturated carbocycles. The molecule has 5 aliphatic rings. The number of fused-ring (bicyclic) bond motifs is 4. The Labute approximate surface area is 302 Å². The number of ether oxygens (including phenoxy) is 2. The van der Waals surface area contributed by atoms with Gasteiger partial charge in [0.1, 0.15) is 17.1 Å². The Bertz CT molecular complexity index is 2410. The fourth-order valence-corrected chi connectivity index (χ4v) is 8.94. The molecule has 4 aliphatic heterocycles. The topological polar surface area (TPSA) is 190 Å². The second-order valence-corrected chi connectivity index (χ2v) is 14.7. The predicted molar refractivity (Wildman–Crippen MR) is 189 cm³/mol. The third-order valence-electron chi connectivity index (χ3n) is 9.71. The van der Waals surface area contributed by atoms with Crippen LogP contribution >= 0.6 is 0 Å². The number of carbonyl (C=O) groups excluding carboxylic acids is 4. The van der Waals surface area contributed by atoms with Gasteiger partial charge in [0.2, 0.25) is 10.0 Å². The van der Waals surface area contributed by atoms with Crippen molar-refractivity contribution in [1.29, 1.82) is 0 Å². The Morgan fingerprint density at radius 2 is 1.70 bits per heavy atom. The molecule has 1 aliphatic carbocycles. The van der Waals surface area contributed by atoms with Crippen LogP contribution in [0.4, 0.5) is 5.69 Å². The zero-order valence-corrected chi connectivity index (χ0v) is 29.2. The summed E-state index contributed by atoms with van der Waals surface area (Å²) in [6, 6.07) is 20.4. The van der Waals surface area contributed by atoms with E-state index >= 15 is 0 Å². The number of nitrogens with one attached hydrogen (secondary N) is 1. The molecule has 0 aromatic heterocycles. The normalized spacial score (nSPS) is 18.1. The summed E-state index contributed by atoms with van der Waals surface area (Å²) in [5.74, 6) is -2.00. The van der Waals surface area contributed by atoms with Crippen molar-refractivity contribution in [2.24, 2.45) is 0 Å². The standard InChI is InChI=1S/C37H33N3O9S.CO2/c1-39-31-14-11-27(20-30(31)37(36(39)44)47-16-3-17-48-37)50(45,46)40-15-2-4-24(40)21-38-35(43)23-7-5-22(6-8-23)34-28-12-9-25(41)18-32(28)49-33-19-26(42)10-13-29(33)34;2-1-3/h5-14,18-20,24,41H,2-4,15-17,21H2,1H3,(H,38,43);/t24-;/m0./s1. The molecule has 0 bridgehead atoms. The first kappa shape index (κ1) is 35.7. The lowest BCUT2D eigenvalue weighted by Gasteiger charge is -2.32. The molecule has 3 aromatic rings. The molecular formula is C38H33N3O11S. The first-order chi connectivity index (χ1) is 25.5. The van der Waals surface area contributed by atoms with Crippen molar-refractivity contribution in [3.63, 3.8) is 0 Å². The smallest absolute Gasteiger partial charge is 0.373 e. The van der Waals surface area contributed by atoms with Gasteiger partial charge in [0, 0.05) is 66.0 Å². The number of rotatable bonds is 6. The van der Waals surface area contributed by atoms with Gasteiger partial charge in [-0.2, -0.15) is 13.9 Å². The van der Waals surface area contributed by atoms with E-state index in [9.17, 15) is 27.9 Å². The molecule has 3 aromatic carbocycles. The lowest BCUT2D eigenvalue weighted by molar-refractivity contribution is -0.256. The van der Waals surface area contributed by atoms with Gasteiger partial charge < -0.3 is 29.2 Å². The van der Waals surface area contributed by atoms with Gasteiger partial charge in [0.15, 0.2) is 5.43 Å². The minimum absolute atomic E-state index is 0.0270. The number of hydrogen-bond donors (Lipinski definition) is 2. The van der Waals surface area contributed by atoms with Crippen molar-refractivity contribution < 1.29 is 46.6 Å². The van der Waals surface area contributed by atoms with Gasteiger partial charge >= 0.3 is 6.15 Å². The quantitative estimate of drug-likeness (QED) is 0.241. The van der Waals surface area contributed by atoms with Gasteiger partial charge in [0.25, 0.3) is 17.6 Å². The molecule has 2 N–H and O–H groups in total. The predicted octanol–water partition coefficient (Wildman–Crippen LogP) is 3.84. The van der Waals surface area contributed by atoms with Crippen molar-refractivity contribution in [3.8, 4) is 28.2 Å². The second-order valence-electron chi connectivity index (χ2n) is 12.8. The first-order valence-corrected chi connectivity index (χ1v) is 18.2. The number of likely N-dealkylation sites (N-methyl/N-ethyl adjacent to an activating group) is 1. The van der Waals surface area contributed by atoms with Gasteiger partial charge in [-0.25, -0.2) is 8.42 Å². The molecule has 15 heteroatoms. The maximum Gasteiger partial charge on any atom is 0.373 e. The Balaban J connectivity index is 0.00000140. The van der Waals surface area contributed by atoms with E-state index in [1.807, 2.05) is 0 Å². The third-order valence-corrected chi connectivity index (χ3v) is 11.7. The molecule has 8 rings (SSSR count). The Kier molecular flexibility index (Phi) is 9.45. The van der Waals surface area contributed by atoms with Crippen LogP contribution in [0.3, 0.4) is 0 Å². The van der Waals surface area contributed by atoms with Crippen LogP contribution in [-0.4, -0.2) is 75.2 Å². The Hall–Kier alpha value is -5.70. The highest BCUT2D eigenvalue weighted by Gasteiger charge is 2.54. The van der Waals surface area contributed by atoms with E-state index in [1.165, 1.54) is 39.5 Å². The Morgan fingerprint density at radius 3 is 2.43 bits per heavy atom. The summed E-state index contributed by atoms with van der Waals surface area (Å²) >= 11 is 0. The van der Waals surface area contributed by atoms with E-state index in [-0.39, 0.29) is 34.7 Å². The van der Waals surface area contributed by atoms with E-state index in [0.29, 0.717) is 72.7 Å². The highest BCUT2D eigenvalue weighted by Crippen LogP contribution is 2.46. The molecule has 0 unspecified atom stereocenters. The molecule has 272 valence electrons. The highest BCUT2D eigenvalue weighted by atomic mass is 32.2. The maximum absolute atomic E-state index is 14.0. The average molecular weight is 740 g/mol. The van der Waals surface area contributed by atoms with Gasteiger partial charge in [-0.15, -0.1) is 0 Å². The fourth-order valence-electron chi connectivity index (χ4n) is 7.22. The van der Waals surface area contributed by atoms with Crippen LogP contribution in [0.25, 0.3) is 33.4 Å². The summed E-state index contributed by atoms with van der Waals surface area (Å²) in [7, 11) is -2.38. The summed E-state index contributed by atoms with van der Waals surface area (Å²) in [5, 5.41) is 13.7. The summed E-state index contributed by atoms with van der Waals surface area (Å²) in [6.07, 6.45) is 2.08. The van der Waals surface area contributed by atoms with E-state index in [0.717, 1.165) is 16.5 Å². The van der Waals surface area contributed by atoms with Crippen LogP contribution in [0.1, 0.15) is 35.2 Å². The molecule has 14 nitrogen and oxygen atoms in total. The van der Waals surface area contributed by atoms with E-state index in [4.69, 9.17) is 23.5 Å². The lowest BCUT2D eigenvalue weighted by atomic mass is 9.93. The fraction of sp³-hybridized carbons (Fsp3) is 0.263. The zero-order valence-electron chi connectivity index (χ0n) is 28.4. The molecule has 53 heavy (non-hydrogen) atoms. The number of sulfonamides is 1. The minimum Gasteiger partial charge on any atom is -0.508 e. The maximum atomic E-state index is 14.0. The van der Waals surface area contributed by atoms with Crippen molar-refractivity contribution in [1.82, 2.24) is 9.62 Å². The summed E-state index contributed by atoms with van der Waals surface area (Å²) in [5.41, 5.74) is 3.77. The molecule has 1 atom stereocenters. The van der Waals surface area contributed by atoms with Gasteiger partial charge in [-0.05, 0) is 79.4 Å². The van der Waals surface area contributed by atoms with Crippen LogP contribution in [0, 0.1) is 0 Å². The number of amides is 2. The molecule has 4 heterocycles. The molecule has 2 amide bonds. The number of benzene rings is 4. The van der Waals surface area contributed by atoms with Crippen LogP contribution in [0.5, 0.6) is 5.75 Å². The monoisotopic (exact) mass is 739 g/mol. The van der Waals surface area contributed by atoms with E-state index in [2.05, 4.69) is 5.32 Å². The average Bonchev–Trinajstić information content (AvgIpc) is 3.72. The summed E-state index contributed by atoms with van der Waals surface area (Å²) < 4.78 is 47.0. The number of carbonyl (C=O) groups is 2. The van der Waals surface area contributed by atoms with E-state index < -0.39 is 27.8 Å². The van der Waals surface area contributed by atoms with Crippen molar-refractivity contribution in [3.05, 3.63) is 100 Å². The first-order valence-electron chi connectivity index (χ1n) is 16.8. The molecular weight excluding hydrogens is 706 g/mol. The molecule has 2 fully saturated rings. The number of phenolic OH excluding ortho intramolecular Hbond substituents is 1. The third kappa shape index (κ3) is 6.28. The number of nitrogens with zero attached hydrogens (tertiary/aromatic N) is 2. The van der Waals surface area contributed by atoms with Gasteiger partial charge in [-0.1, -0.05) is 12.1 Å². The largest absolute Gasteiger partial charge is 0.508 e. The van der Waals surface area contributed by atoms with Crippen molar-refractivity contribution >= 4 is 44.6 Å².